The normalized spacial score (nSPS) is 11.0. The van der Waals surface area contributed by atoms with Crippen molar-refractivity contribution in [1.82, 2.24) is 5.32 Å². The van der Waals surface area contributed by atoms with Gasteiger partial charge in [0.15, 0.2) is 0 Å². The van der Waals surface area contributed by atoms with Gasteiger partial charge in [0.05, 0.1) is 5.56 Å². The molecule has 0 aliphatic heterocycles. The Morgan fingerprint density at radius 3 is 2.42 bits per heavy atom. The Hall–Kier alpha value is -2.10. The first kappa shape index (κ1) is 18.2. The molecule has 2 N–H and O–H groups in total. The van der Waals surface area contributed by atoms with Gasteiger partial charge in [0.1, 0.15) is 0 Å². The number of halogens is 4. The van der Waals surface area contributed by atoms with Gasteiger partial charge in [-0.15, -0.1) is 0 Å². The molecule has 0 aliphatic carbocycles. The first-order chi connectivity index (χ1) is 11.3. The van der Waals surface area contributed by atoms with E-state index in [-0.39, 0.29) is 12.5 Å². The molecule has 0 fully saturated rings. The van der Waals surface area contributed by atoms with Gasteiger partial charge >= 0.3 is 12.1 Å². The van der Waals surface area contributed by atoms with Crippen molar-refractivity contribution in [1.29, 1.82) is 0 Å². The van der Waals surface area contributed by atoms with E-state index in [1.807, 2.05) is 28.7 Å². The van der Waals surface area contributed by atoms with Crippen LogP contribution in [0.2, 0.25) is 0 Å². The number of nitrogens with one attached hydrogen (secondary N) is 2. The third kappa shape index (κ3) is 4.95. The van der Waals surface area contributed by atoms with E-state index in [9.17, 15) is 22.8 Å². The average Bonchev–Trinajstić information content (AvgIpc) is 2.52. The van der Waals surface area contributed by atoms with E-state index in [4.69, 9.17) is 0 Å². The van der Waals surface area contributed by atoms with Crippen LogP contribution in [0.4, 0.5) is 18.9 Å². The summed E-state index contributed by atoms with van der Waals surface area (Å²) in [4.78, 5) is 23.0. The monoisotopic (exact) mass is 448 g/mol. The molecule has 24 heavy (non-hydrogen) atoms. The predicted octanol–water partition coefficient (Wildman–Crippen LogP) is 3.72. The van der Waals surface area contributed by atoms with Crippen LogP contribution in [0.15, 0.2) is 48.5 Å². The Balaban J connectivity index is 2.04. The molecule has 0 spiro atoms. The largest absolute Gasteiger partial charge is 0.471 e. The lowest BCUT2D eigenvalue weighted by molar-refractivity contribution is -0.173. The minimum atomic E-state index is -4.92. The predicted molar refractivity (Wildman–Crippen MR) is 91.5 cm³/mol. The Morgan fingerprint density at radius 2 is 1.75 bits per heavy atom. The number of carbonyl (C=O) groups excluding carboxylic acids is 2. The Morgan fingerprint density at radius 1 is 1.04 bits per heavy atom. The summed E-state index contributed by atoms with van der Waals surface area (Å²) in [5.41, 5.74) is 1.36. The van der Waals surface area contributed by atoms with E-state index in [0.29, 0.717) is 16.8 Å². The number of anilines is 1. The van der Waals surface area contributed by atoms with Gasteiger partial charge in [0.25, 0.3) is 5.91 Å². The molecule has 0 bridgehead atoms. The minimum absolute atomic E-state index is 0.287. The summed E-state index contributed by atoms with van der Waals surface area (Å²) in [6.07, 6.45) is -4.92. The van der Waals surface area contributed by atoms with Crippen molar-refractivity contribution < 1.29 is 22.8 Å². The average molecular weight is 448 g/mol. The number of hydrogen-bond donors (Lipinski definition) is 2. The first-order valence-corrected chi connectivity index (χ1v) is 7.85. The van der Waals surface area contributed by atoms with Crippen LogP contribution in [0.3, 0.4) is 0 Å². The Kier molecular flexibility index (Phi) is 5.81. The Bertz CT molecular complexity index is 763. The topological polar surface area (TPSA) is 58.2 Å². The number of amides is 2. The molecule has 0 atom stereocenters. The van der Waals surface area contributed by atoms with Gasteiger partial charge in [-0.1, -0.05) is 24.3 Å². The summed E-state index contributed by atoms with van der Waals surface area (Å²) in [6, 6.07) is 13.3. The molecule has 8 heteroatoms. The van der Waals surface area contributed by atoms with Gasteiger partial charge in [-0.3, -0.25) is 9.59 Å². The maximum atomic E-state index is 12.2. The van der Waals surface area contributed by atoms with E-state index in [2.05, 4.69) is 5.32 Å². The summed E-state index contributed by atoms with van der Waals surface area (Å²) in [6.45, 7) is -0.287. The molecule has 0 radical (unpaired) electrons. The van der Waals surface area contributed by atoms with Gasteiger partial charge < -0.3 is 10.6 Å². The van der Waals surface area contributed by atoms with Gasteiger partial charge in [0.2, 0.25) is 0 Å². The molecule has 0 unspecified atom stereocenters. The maximum Gasteiger partial charge on any atom is 0.471 e. The fourth-order valence-electron chi connectivity index (χ4n) is 1.89. The van der Waals surface area contributed by atoms with Gasteiger partial charge in [-0.2, -0.15) is 13.2 Å². The second-order valence-corrected chi connectivity index (χ2v) is 5.98. The van der Waals surface area contributed by atoms with E-state index < -0.39 is 12.1 Å². The number of hydrogen-bond acceptors (Lipinski definition) is 2. The molecule has 126 valence electrons. The zero-order valence-electron chi connectivity index (χ0n) is 12.2. The highest BCUT2D eigenvalue weighted by Crippen LogP contribution is 2.17. The van der Waals surface area contributed by atoms with E-state index in [0.717, 1.165) is 3.57 Å². The van der Waals surface area contributed by atoms with Crippen LogP contribution in [0, 0.1) is 3.57 Å². The van der Waals surface area contributed by atoms with Gasteiger partial charge in [-0.25, -0.2) is 0 Å². The van der Waals surface area contributed by atoms with Crippen molar-refractivity contribution in [3.05, 3.63) is 63.2 Å². The minimum Gasteiger partial charge on any atom is -0.344 e. The highest BCUT2D eigenvalue weighted by Gasteiger charge is 2.38. The van der Waals surface area contributed by atoms with Crippen LogP contribution in [0.25, 0.3) is 0 Å². The summed E-state index contributed by atoms with van der Waals surface area (Å²) < 4.78 is 37.3. The zero-order valence-corrected chi connectivity index (χ0v) is 14.3. The number of benzene rings is 2. The van der Waals surface area contributed by atoms with Crippen LogP contribution < -0.4 is 10.6 Å². The quantitative estimate of drug-likeness (QED) is 0.701. The lowest BCUT2D eigenvalue weighted by atomic mass is 10.1. The molecule has 4 nitrogen and oxygen atoms in total. The molecule has 0 heterocycles. The SMILES string of the molecule is O=C(Nc1cccc(CNC(=O)C(F)(F)F)c1)c1ccccc1I. The summed E-state index contributed by atoms with van der Waals surface area (Å²) >= 11 is 2.04. The van der Waals surface area contributed by atoms with Crippen molar-refractivity contribution >= 4 is 40.1 Å². The maximum absolute atomic E-state index is 12.2. The fraction of sp³-hybridized carbons (Fsp3) is 0.125. The van der Waals surface area contributed by atoms with Crippen molar-refractivity contribution in [3.63, 3.8) is 0 Å². The van der Waals surface area contributed by atoms with Crippen LogP contribution in [-0.2, 0) is 11.3 Å². The van der Waals surface area contributed by atoms with Crippen LogP contribution in [0.1, 0.15) is 15.9 Å². The summed E-state index contributed by atoms with van der Waals surface area (Å²) in [5, 5.41) is 4.46. The molecule has 0 saturated heterocycles. The van der Waals surface area contributed by atoms with Crippen LogP contribution in [0.5, 0.6) is 0 Å². The molecule has 2 aromatic carbocycles. The van der Waals surface area contributed by atoms with Crippen LogP contribution in [-0.4, -0.2) is 18.0 Å². The van der Waals surface area contributed by atoms with Crippen molar-refractivity contribution in [2.45, 2.75) is 12.7 Å². The molecule has 2 amide bonds. The van der Waals surface area contributed by atoms with Gasteiger partial charge in [-0.05, 0) is 52.4 Å². The smallest absolute Gasteiger partial charge is 0.344 e. The molecular weight excluding hydrogens is 436 g/mol. The highest BCUT2D eigenvalue weighted by atomic mass is 127. The summed E-state index contributed by atoms with van der Waals surface area (Å²) in [7, 11) is 0. The zero-order chi connectivity index (χ0) is 17.7. The van der Waals surface area contributed by atoms with E-state index >= 15 is 0 Å². The molecular formula is C16H12F3IN2O2. The molecule has 2 aromatic rings. The van der Waals surface area contributed by atoms with Gasteiger partial charge in [0, 0.05) is 15.8 Å². The number of alkyl halides is 3. The number of rotatable bonds is 4. The second-order valence-electron chi connectivity index (χ2n) is 4.81. The second kappa shape index (κ2) is 7.65. The summed E-state index contributed by atoms with van der Waals surface area (Å²) in [5.74, 6) is -2.33. The fourth-order valence-corrected chi connectivity index (χ4v) is 2.52. The van der Waals surface area contributed by atoms with E-state index in [1.54, 1.807) is 41.7 Å². The third-order valence-electron chi connectivity index (χ3n) is 3.01. The highest BCUT2D eigenvalue weighted by molar-refractivity contribution is 14.1. The lowest BCUT2D eigenvalue weighted by Gasteiger charge is -2.10. The van der Waals surface area contributed by atoms with Crippen molar-refractivity contribution in [2.24, 2.45) is 0 Å². The Labute approximate surface area is 149 Å². The molecule has 2 rings (SSSR count). The molecule has 0 aliphatic rings. The first-order valence-electron chi connectivity index (χ1n) is 6.77. The van der Waals surface area contributed by atoms with E-state index in [1.165, 1.54) is 6.07 Å². The molecule has 0 saturated carbocycles. The van der Waals surface area contributed by atoms with Crippen molar-refractivity contribution in [3.8, 4) is 0 Å². The van der Waals surface area contributed by atoms with Crippen LogP contribution >= 0.6 is 22.6 Å². The van der Waals surface area contributed by atoms with Crippen molar-refractivity contribution in [2.75, 3.05) is 5.32 Å². The third-order valence-corrected chi connectivity index (χ3v) is 3.95. The number of carbonyl (C=O) groups is 2. The standard InChI is InChI=1S/C16H12F3IN2O2/c17-16(18,19)15(24)21-9-10-4-3-5-11(8-10)22-14(23)12-6-1-2-7-13(12)20/h1-8H,9H2,(H,21,24)(H,22,23). The lowest BCUT2D eigenvalue weighted by Crippen LogP contribution is -2.36. The molecule has 0 aromatic heterocycles.